The van der Waals surface area contributed by atoms with Crippen molar-refractivity contribution in [1.82, 2.24) is 19.9 Å². The molecule has 3 heterocycles. The summed E-state index contributed by atoms with van der Waals surface area (Å²) in [6.45, 7) is 3.63. The Morgan fingerprint density at radius 3 is 3.00 bits per heavy atom. The molecular weight excluding hydrogens is 319 g/mol. The number of H-pyrrole nitrogens is 2. The van der Waals surface area contributed by atoms with E-state index in [0.29, 0.717) is 33.8 Å². The molecule has 0 unspecified atom stereocenters. The number of pyridine rings is 1. The highest BCUT2D eigenvalue weighted by Crippen LogP contribution is 2.32. The molecule has 1 saturated carbocycles. The van der Waals surface area contributed by atoms with Crippen LogP contribution < -0.4 is 0 Å². The summed E-state index contributed by atoms with van der Waals surface area (Å²) >= 11 is 0. The minimum absolute atomic E-state index is 0.0141. The van der Waals surface area contributed by atoms with Crippen molar-refractivity contribution in [1.29, 1.82) is 0 Å². The molecule has 0 spiro atoms. The van der Waals surface area contributed by atoms with Crippen LogP contribution in [0.25, 0.3) is 22.2 Å². The number of nitrogens with one attached hydrogen (secondary N) is 2. The summed E-state index contributed by atoms with van der Waals surface area (Å²) in [6, 6.07) is 3.54. The van der Waals surface area contributed by atoms with E-state index in [4.69, 9.17) is 0 Å². The lowest BCUT2D eigenvalue weighted by Crippen LogP contribution is -2.33. The summed E-state index contributed by atoms with van der Waals surface area (Å²) in [4.78, 5) is 24.8. The van der Waals surface area contributed by atoms with Crippen LogP contribution in [0.2, 0.25) is 0 Å². The van der Waals surface area contributed by atoms with Crippen LogP contribution in [0.15, 0.2) is 30.7 Å². The van der Waals surface area contributed by atoms with Crippen molar-refractivity contribution in [2.45, 2.75) is 26.2 Å². The third kappa shape index (κ3) is 3.04. The fourth-order valence-corrected chi connectivity index (χ4v) is 3.27. The number of hydrogen-bond donors (Lipinski definition) is 2. The maximum Gasteiger partial charge on any atom is 0.270 e. The van der Waals surface area contributed by atoms with Crippen LogP contribution in [0.5, 0.6) is 0 Å². The maximum absolute atomic E-state index is 14.4. The molecule has 1 aliphatic rings. The fourth-order valence-electron chi connectivity index (χ4n) is 3.27. The Kier molecular flexibility index (Phi) is 4.03. The van der Waals surface area contributed by atoms with Crippen LogP contribution in [-0.4, -0.2) is 38.8 Å². The first-order valence-corrected chi connectivity index (χ1v) is 8.77. The van der Waals surface area contributed by atoms with Crippen molar-refractivity contribution < 1.29 is 9.18 Å². The van der Waals surface area contributed by atoms with Gasteiger partial charge < -0.3 is 14.9 Å². The zero-order valence-electron chi connectivity index (χ0n) is 14.2. The molecule has 0 aromatic carbocycles. The highest BCUT2D eigenvalue weighted by molar-refractivity contribution is 5.97. The van der Waals surface area contributed by atoms with E-state index in [1.807, 2.05) is 4.90 Å². The van der Waals surface area contributed by atoms with Gasteiger partial charge in [0.2, 0.25) is 0 Å². The van der Waals surface area contributed by atoms with Crippen LogP contribution in [0.1, 0.15) is 36.7 Å². The quantitative estimate of drug-likeness (QED) is 0.713. The number of aromatic amines is 2. The Morgan fingerprint density at radius 2 is 2.24 bits per heavy atom. The second-order valence-corrected chi connectivity index (χ2v) is 6.72. The van der Waals surface area contributed by atoms with E-state index in [-0.39, 0.29) is 5.91 Å². The number of carbonyl (C=O) groups excluding carboxylic acids is 1. The van der Waals surface area contributed by atoms with Gasteiger partial charge in [-0.1, -0.05) is 6.92 Å². The molecule has 0 aliphatic heterocycles. The summed E-state index contributed by atoms with van der Waals surface area (Å²) < 4.78 is 14.4. The molecule has 1 amide bonds. The predicted molar refractivity (Wildman–Crippen MR) is 94.8 cm³/mol. The van der Waals surface area contributed by atoms with Gasteiger partial charge in [-0.15, -0.1) is 0 Å². The van der Waals surface area contributed by atoms with Gasteiger partial charge in [-0.25, -0.2) is 9.37 Å². The Labute approximate surface area is 145 Å². The van der Waals surface area contributed by atoms with Gasteiger partial charge in [0.05, 0.1) is 6.20 Å². The smallest absolute Gasteiger partial charge is 0.270 e. The van der Waals surface area contributed by atoms with Crippen molar-refractivity contribution in [3.05, 3.63) is 42.2 Å². The number of carbonyl (C=O) groups is 1. The predicted octanol–water partition coefficient (Wildman–Crippen LogP) is 3.96. The molecule has 0 bridgehead atoms. The van der Waals surface area contributed by atoms with Crippen LogP contribution in [0.4, 0.5) is 4.39 Å². The van der Waals surface area contributed by atoms with Gasteiger partial charge in [-0.3, -0.25) is 4.79 Å². The molecule has 0 atom stereocenters. The molecule has 1 aliphatic carbocycles. The van der Waals surface area contributed by atoms with Gasteiger partial charge in [0, 0.05) is 42.0 Å². The number of hydrogen-bond acceptors (Lipinski definition) is 2. The molecule has 130 valence electrons. The largest absolute Gasteiger partial charge is 0.357 e. The fraction of sp³-hybridized carbons (Fsp3) is 0.368. The van der Waals surface area contributed by atoms with Crippen molar-refractivity contribution in [3.8, 4) is 11.1 Å². The first kappa shape index (κ1) is 15.9. The third-order valence-electron chi connectivity index (χ3n) is 4.70. The lowest BCUT2D eigenvalue weighted by Gasteiger charge is -2.21. The Bertz CT molecular complexity index is 909. The van der Waals surface area contributed by atoms with Crippen molar-refractivity contribution in [3.63, 3.8) is 0 Å². The van der Waals surface area contributed by atoms with Crippen LogP contribution in [0, 0.1) is 11.7 Å². The van der Waals surface area contributed by atoms with Crippen molar-refractivity contribution >= 4 is 16.9 Å². The molecule has 6 heteroatoms. The molecule has 3 aromatic rings. The SMILES string of the molecule is CCCN(CC1CC1)C(=O)c1cc(-c2c(F)cnc3[nH]ccc23)c[nH]1. The number of aromatic nitrogens is 3. The van der Waals surface area contributed by atoms with Crippen molar-refractivity contribution in [2.24, 2.45) is 5.92 Å². The van der Waals surface area contributed by atoms with Crippen LogP contribution in [0.3, 0.4) is 0 Å². The zero-order valence-corrected chi connectivity index (χ0v) is 14.2. The van der Waals surface area contributed by atoms with E-state index >= 15 is 0 Å². The number of nitrogens with zero attached hydrogens (tertiary/aromatic N) is 2. The second kappa shape index (κ2) is 6.35. The first-order valence-electron chi connectivity index (χ1n) is 8.77. The van der Waals surface area contributed by atoms with Gasteiger partial charge in [0.15, 0.2) is 0 Å². The zero-order chi connectivity index (χ0) is 17.4. The Hall–Kier alpha value is -2.63. The monoisotopic (exact) mass is 340 g/mol. The van der Waals surface area contributed by atoms with E-state index in [1.54, 1.807) is 24.5 Å². The molecule has 3 aromatic heterocycles. The molecular formula is C19H21FN4O. The lowest BCUT2D eigenvalue weighted by molar-refractivity contribution is 0.0742. The topological polar surface area (TPSA) is 64.8 Å². The third-order valence-corrected chi connectivity index (χ3v) is 4.70. The normalized spacial score (nSPS) is 14.2. The standard InChI is InChI=1S/C19H21FN4O/c1-2-7-24(11-12-3-4-12)19(25)16-8-13(9-22-16)17-14-5-6-21-18(14)23-10-15(17)20/h5-6,8-10,12,22H,2-4,7,11H2,1H3,(H,21,23). The molecule has 0 saturated heterocycles. The number of fused-ring (bicyclic) bond motifs is 1. The van der Waals surface area contributed by atoms with E-state index in [9.17, 15) is 9.18 Å². The Balaban J connectivity index is 1.65. The number of halogens is 1. The van der Waals surface area contributed by atoms with E-state index in [0.717, 1.165) is 19.5 Å². The van der Waals surface area contributed by atoms with E-state index in [2.05, 4.69) is 21.9 Å². The average Bonchev–Trinajstić information content (AvgIpc) is 3.10. The number of rotatable bonds is 6. The summed E-state index contributed by atoms with van der Waals surface area (Å²) in [7, 11) is 0. The summed E-state index contributed by atoms with van der Waals surface area (Å²) in [5.74, 6) is 0.232. The van der Waals surface area contributed by atoms with Crippen LogP contribution >= 0.6 is 0 Å². The lowest BCUT2D eigenvalue weighted by atomic mass is 10.1. The first-order chi connectivity index (χ1) is 12.2. The molecule has 25 heavy (non-hydrogen) atoms. The summed E-state index contributed by atoms with van der Waals surface area (Å²) in [5, 5.41) is 0.710. The van der Waals surface area contributed by atoms with E-state index in [1.165, 1.54) is 19.0 Å². The molecule has 4 rings (SSSR count). The van der Waals surface area contributed by atoms with Gasteiger partial charge in [0.1, 0.15) is 17.2 Å². The van der Waals surface area contributed by atoms with Gasteiger partial charge >= 0.3 is 0 Å². The minimum atomic E-state index is -0.395. The number of amides is 1. The highest BCUT2D eigenvalue weighted by Gasteiger charge is 2.27. The summed E-state index contributed by atoms with van der Waals surface area (Å²) in [5.41, 5.74) is 2.26. The Morgan fingerprint density at radius 1 is 1.40 bits per heavy atom. The second-order valence-electron chi connectivity index (χ2n) is 6.72. The molecule has 5 nitrogen and oxygen atoms in total. The molecule has 0 radical (unpaired) electrons. The minimum Gasteiger partial charge on any atom is -0.357 e. The highest BCUT2D eigenvalue weighted by atomic mass is 19.1. The average molecular weight is 340 g/mol. The van der Waals surface area contributed by atoms with Gasteiger partial charge in [-0.05, 0) is 37.3 Å². The van der Waals surface area contributed by atoms with Crippen molar-refractivity contribution in [2.75, 3.05) is 13.1 Å². The van der Waals surface area contributed by atoms with Crippen LogP contribution in [-0.2, 0) is 0 Å². The van der Waals surface area contributed by atoms with Gasteiger partial charge in [-0.2, -0.15) is 0 Å². The molecule has 1 fully saturated rings. The van der Waals surface area contributed by atoms with E-state index < -0.39 is 5.82 Å². The molecule has 2 N–H and O–H groups in total. The summed E-state index contributed by atoms with van der Waals surface area (Å²) in [6.07, 6.45) is 7.97. The van der Waals surface area contributed by atoms with Gasteiger partial charge in [0.25, 0.3) is 5.91 Å². The maximum atomic E-state index is 14.4.